The van der Waals surface area contributed by atoms with E-state index in [0.717, 1.165) is 35.1 Å². The molecule has 0 aliphatic heterocycles. The number of anilines is 1. The van der Waals surface area contributed by atoms with Gasteiger partial charge in [-0.3, -0.25) is 9.88 Å². The molecule has 2 heterocycles. The van der Waals surface area contributed by atoms with E-state index in [9.17, 15) is 0 Å². The molecule has 2 aromatic heterocycles. The van der Waals surface area contributed by atoms with Crippen molar-refractivity contribution in [1.29, 1.82) is 0 Å². The Morgan fingerprint density at radius 2 is 1.68 bits per heavy atom. The third-order valence-corrected chi connectivity index (χ3v) is 5.43. The van der Waals surface area contributed by atoms with Crippen LogP contribution in [0.3, 0.4) is 0 Å². The van der Waals surface area contributed by atoms with Gasteiger partial charge in [-0.25, -0.2) is 9.97 Å². The third-order valence-electron chi connectivity index (χ3n) is 5.15. The summed E-state index contributed by atoms with van der Waals surface area (Å²) in [6.07, 6.45) is 1.73. The molecule has 0 aliphatic rings. The van der Waals surface area contributed by atoms with Gasteiger partial charge in [0.2, 0.25) is 0 Å². The van der Waals surface area contributed by atoms with Crippen molar-refractivity contribution < 1.29 is 4.74 Å². The Balaban J connectivity index is 1.87. The van der Waals surface area contributed by atoms with Gasteiger partial charge >= 0.3 is 0 Å². The number of benzene rings is 2. The highest BCUT2D eigenvalue weighted by molar-refractivity contribution is 6.35. The monoisotopic (exact) mass is 433 g/mol. The zero-order valence-corrected chi connectivity index (χ0v) is 18.3. The SMILES string of the molecule is CCN(CC)COc1nc(-c2cc(Cl)c3ncccc3c2)c(-c2ccccc2)nc1N. The number of fused-ring (bicyclic) bond motifs is 1. The van der Waals surface area contributed by atoms with Crippen LogP contribution in [0.25, 0.3) is 33.4 Å². The molecule has 0 unspecified atom stereocenters. The average Bonchev–Trinajstić information content (AvgIpc) is 2.81. The summed E-state index contributed by atoms with van der Waals surface area (Å²) in [6.45, 7) is 6.28. The molecule has 158 valence electrons. The maximum atomic E-state index is 6.55. The molecule has 0 bridgehead atoms. The van der Waals surface area contributed by atoms with Gasteiger partial charge in [0.15, 0.2) is 5.82 Å². The van der Waals surface area contributed by atoms with E-state index in [4.69, 9.17) is 27.1 Å². The molecule has 7 heteroatoms. The van der Waals surface area contributed by atoms with E-state index in [1.165, 1.54) is 0 Å². The number of rotatable bonds is 7. The molecule has 0 fully saturated rings. The zero-order valence-electron chi connectivity index (χ0n) is 17.5. The number of nitrogen functional groups attached to an aromatic ring is 1. The van der Waals surface area contributed by atoms with E-state index in [1.54, 1.807) is 6.20 Å². The molecule has 4 aromatic rings. The summed E-state index contributed by atoms with van der Waals surface area (Å²) in [5.41, 5.74) is 10.1. The Hall–Kier alpha value is -3.22. The summed E-state index contributed by atoms with van der Waals surface area (Å²) in [4.78, 5) is 16.0. The molecule has 6 nitrogen and oxygen atoms in total. The molecule has 0 spiro atoms. The van der Waals surface area contributed by atoms with E-state index < -0.39 is 0 Å². The molecule has 0 saturated carbocycles. The van der Waals surface area contributed by atoms with Crippen molar-refractivity contribution in [2.75, 3.05) is 25.6 Å². The minimum absolute atomic E-state index is 0.253. The maximum Gasteiger partial charge on any atom is 0.259 e. The highest BCUT2D eigenvalue weighted by atomic mass is 35.5. The Kier molecular flexibility index (Phi) is 6.30. The van der Waals surface area contributed by atoms with Crippen LogP contribution in [0.2, 0.25) is 5.02 Å². The van der Waals surface area contributed by atoms with Crippen LogP contribution in [-0.2, 0) is 0 Å². The third kappa shape index (κ3) is 4.45. The summed E-state index contributed by atoms with van der Waals surface area (Å²) in [5, 5.41) is 1.48. The molecule has 0 amide bonds. The fourth-order valence-electron chi connectivity index (χ4n) is 3.38. The minimum atomic E-state index is 0.253. The van der Waals surface area contributed by atoms with Crippen molar-refractivity contribution in [2.24, 2.45) is 0 Å². The molecular weight excluding hydrogens is 410 g/mol. The average molecular weight is 434 g/mol. The maximum absolute atomic E-state index is 6.55. The van der Waals surface area contributed by atoms with Crippen LogP contribution in [0.15, 0.2) is 60.8 Å². The van der Waals surface area contributed by atoms with Gasteiger partial charge in [0.05, 0.1) is 16.2 Å². The molecule has 0 saturated heterocycles. The largest absolute Gasteiger partial charge is 0.459 e. The number of halogens is 1. The van der Waals surface area contributed by atoms with Gasteiger partial charge in [0.25, 0.3) is 5.88 Å². The highest BCUT2D eigenvalue weighted by Gasteiger charge is 2.18. The van der Waals surface area contributed by atoms with Crippen molar-refractivity contribution >= 4 is 28.3 Å². The van der Waals surface area contributed by atoms with Crippen molar-refractivity contribution in [3.63, 3.8) is 0 Å². The Labute approximate surface area is 186 Å². The van der Waals surface area contributed by atoms with E-state index >= 15 is 0 Å². The summed E-state index contributed by atoms with van der Waals surface area (Å²) in [7, 11) is 0. The number of nitrogens with two attached hydrogens (primary N) is 1. The van der Waals surface area contributed by atoms with Gasteiger partial charge in [-0.1, -0.05) is 61.8 Å². The number of aromatic nitrogens is 3. The van der Waals surface area contributed by atoms with Crippen LogP contribution >= 0.6 is 11.6 Å². The van der Waals surface area contributed by atoms with E-state index in [1.807, 2.05) is 54.6 Å². The summed E-state index contributed by atoms with van der Waals surface area (Å²) < 4.78 is 5.93. The number of pyridine rings is 1. The number of ether oxygens (including phenoxy) is 1. The second-order valence-electron chi connectivity index (χ2n) is 7.09. The first-order valence-corrected chi connectivity index (χ1v) is 10.6. The van der Waals surface area contributed by atoms with Gasteiger partial charge in [0, 0.05) is 22.7 Å². The predicted octanol–water partition coefficient (Wildman–Crippen LogP) is 5.27. The highest BCUT2D eigenvalue weighted by Crippen LogP contribution is 2.36. The fourth-order valence-corrected chi connectivity index (χ4v) is 3.66. The molecule has 2 N–H and O–H groups in total. The molecule has 0 aliphatic carbocycles. The van der Waals surface area contributed by atoms with Gasteiger partial charge in [-0.2, -0.15) is 0 Å². The zero-order chi connectivity index (χ0) is 21.8. The van der Waals surface area contributed by atoms with E-state index in [2.05, 4.69) is 28.7 Å². The summed E-state index contributed by atoms with van der Waals surface area (Å²) >= 11 is 6.55. The van der Waals surface area contributed by atoms with Crippen LogP contribution in [0.5, 0.6) is 5.88 Å². The first-order valence-electron chi connectivity index (χ1n) is 10.2. The molecule has 0 radical (unpaired) electrons. The number of hydrogen-bond donors (Lipinski definition) is 1. The Bertz CT molecular complexity index is 1200. The van der Waals surface area contributed by atoms with Crippen LogP contribution in [-0.4, -0.2) is 39.7 Å². The van der Waals surface area contributed by atoms with Crippen molar-refractivity contribution in [3.8, 4) is 28.4 Å². The molecule has 2 aromatic carbocycles. The van der Waals surface area contributed by atoms with Crippen molar-refractivity contribution in [1.82, 2.24) is 19.9 Å². The van der Waals surface area contributed by atoms with Gasteiger partial charge in [-0.15, -0.1) is 0 Å². The quantitative estimate of drug-likeness (QED) is 0.400. The van der Waals surface area contributed by atoms with Crippen LogP contribution in [0.1, 0.15) is 13.8 Å². The van der Waals surface area contributed by atoms with E-state index in [0.29, 0.717) is 29.0 Å². The second-order valence-corrected chi connectivity index (χ2v) is 7.49. The van der Waals surface area contributed by atoms with Gasteiger partial charge in [-0.05, 0) is 31.3 Å². The second kappa shape index (κ2) is 9.29. The molecular formula is C24H24ClN5O. The van der Waals surface area contributed by atoms with Crippen molar-refractivity contribution in [2.45, 2.75) is 13.8 Å². The van der Waals surface area contributed by atoms with Gasteiger partial charge in [0.1, 0.15) is 12.4 Å². The fraction of sp³-hybridized carbons (Fsp3) is 0.208. The van der Waals surface area contributed by atoms with Crippen molar-refractivity contribution in [3.05, 3.63) is 65.8 Å². The molecule has 0 atom stereocenters. The Morgan fingerprint density at radius 3 is 2.42 bits per heavy atom. The van der Waals surface area contributed by atoms with Crippen LogP contribution in [0, 0.1) is 0 Å². The lowest BCUT2D eigenvalue weighted by atomic mass is 10.0. The Morgan fingerprint density at radius 1 is 0.935 bits per heavy atom. The smallest absolute Gasteiger partial charge is 0.259 e. The predicted molar refractivity (Wildman–Crippen MR) is 126 cm³/mol. The first-order chi connectivity index (χ1) is 15.1. The summed E-state index contributed by atoms with van der Waals surface area (Å²) in [6, 6.07) is 17.6. The minimum Gasteiger partial charge on any atom is -0.459 e. The standard InChI is InChI=1S/C24H24ClN5O/c1-3-30(4-2)15-31-24-23(26)28-21(16-9-6-5-7-10-16)22(29-24)18-13-17-11-8-12-27-20(17)19(25)14-18/h5-14H,3-4,15H2,1-2H3,(H2,26,28). The number of nitrogens with zero attached hydrogens (tertiary/aromatic N) is 4. The van der Waals surface area contributed by atoms with Crippen LogP contribution in [0.4, 0.5) is 5.82 Å². The topological polar surface area (TPSA) is 77.2 Å². The van der Waals surface area contributed by atoms with Crippen LogP contribution < -0.4 is 10.5 Å². The lowest BCUT2D eigenvalue weighted by Crippen LogP contribution is -2.28. The lowest BCUT2D eigenvalue weighted by Gasteiger charge is -2.19. The normalized spacial score (nSPS) is 11.2. The van der Waals surface area contributed by atoms with Gasteiger partial charge < -0.3 is 10.5 Å². The van der Waals surface area contributed by atoms with E-state index in [-0.39, 0.29) is 5.82 Å². The molecule has 4 rings (SSSR count). The lowest BCUT2D eigenvalue weighted by molar-refractivity contribution is 0.133. The first kappa shape index (κ1) is 21.0. The number of hydrogen-bond acceptors (Lipinski definition) is 6. The summed E-state index contributed by atoms with van der Waals surface area (Å²) in [5.74, 6) is 0.562. The molecule has 31 heavy (non-hydrogen) atoms.